The molecule has 1 aromatic carbocycles. The molecule has 0 radical (unpaired) electrons. The molecule has 1 amide bonds. The highest BCUT2D eigenvalue weighted by Crippen LogP contribution is 2.22. The van der Waals surface area contributed by atoms with E-state index in [1.54, 1.807) is 0 Å². The van der Waals surface area contributed by atoms with E-state index in [1.165, 1.54) is 21.7 Å². The van der Waals surface area contributed by atoms with Crippen LogP contribution in [0, 0.1) is 26.2 Å². The number of benzene rings is 1. The molecule has 2 N–H and O–H groups in total. The number of nitrogens with zero attached hydrogens (tertiary/aromatic N) is 1. The predicted molar refractivity (Wildman–Crippen MR) is 104 cm³/mol. The Morgan fingerprint density at radius 1 is 1.28 bits per heavy atom. The molecule has 1 heterocycles. The van der Waals surface area contributed by atoms with E-state index >= 15 is 0 Å². The summed E-state index contributed by atoms with van der Waals surface area (Å²) in [5, 5.41) is 3.08. The largest absolute Gasteiger partial charge is 0.360 e. The second-order valence-corrected chi connectivity index (χ2v) is 7.11. The molecule has 0 unspecified atom stereocenters. The van der Waals surface area contributed by atoms with E-state index in [0.29, 0.717) is 6.54 Å². The summed E-state index contributed by atoms with van der Waals surface area (Å²) >= 11 is 0. The van der Waals surface area contributed by atoms with Crippen molar-refractivity contribution in [1.82, 2.24) is 5.32 Å². The molecular formula is C21H32N3O+. The second-order valence-electron chi connectivity index (χ2n) is 7.11. The van der Waals surface area contributed by atoms with Crippen LogP contribution in [-0.4, -0.2) is 44.2 Å². The number of hydrogen-bond donors (Lipinski definition) is 2. The molecule has 1 aliphatic rings. The van der Waals surface area contributed by atoms with Gasteiger partial charge in [0.2, 0.25) is 0 Å². The Morgan fingerprint density at radius 3 is 2.48 bits per heavy atom. The van der Waals surface area contributed by atoms with E-state index in [0.717, 1.165) is 39.0 Å². The summed E-state index contributed by atoms with van der Waals surface area (Å²) in [4.78, 5) is 16.2. The number of anilines is 1. The number of rotatable bonds is 6. The van der Waals surface area contributed by atoms with Crippen LogP contribution >= 0.6 is 0 Å². The van der Waals surface area contributed by atoms with Crippen LogP contribution in [0.2, 0.25) is 0 Å². The number of hydrogen-bond acceptors (Lipinski definition) is 2. The van der Waals surface area contributed by atoms with Crippen LogP contribution in [0.5, 0.6) is 0 Å². The third-order valence-electron chi connectivity index (χ3n) is 5.66. The Bertz CT molecular complexity index is 635. The van der Waals surface area contributed by atoms with E-state index < -0.39 is 5.54 Å². The number of quaternary nitrogens is 1. The lowest BCUT2D eigenvalue weighted by Gasteiger charge is -2.35. The van der Waals surface area contributed by atoms with Gasteiger partial charge in [0, 0.05) is 5.69 Å². The van der Waals surface area contributed by atoms with Gasteiger partial charge in [-0.25, -0.2) is 0 Å². The van der Waals surface area contributed by atoms with Crippen molar-refractivity contribution in [2.75, 3.05) is 37.6 Å². The fourth-order valence-electron chi connectivity index (χ4n) is 3.52. The van der Waals surface area contributed by atoms with Crippen molar-refractivity contribution in [2.45, 2.75) is 46.1 Å². The molecular weight excluding hydrogens is 310 g/mol. The Balaban J connectivity index is 1.89. The lowest BCUT2D eigenvalue weighted by atomic mass is 9.94. The lowest BCUT2D eigenvalue weighted by molar-refractivity contribution is -0.892. The molecule has 0 saturated carbocycles. The summed E-state index contributed by atoms with van der Waals surface area (Å²) in [6.45, 7) is 12.8. The summed E-state index contributed by atoms with van der Waals surface area (Å²) in [5.74, 6) is 2.84. The summed E-state index contributed by atoms with van der Waals surface area (Å²) in [5.41, 5.74) is 3.52. The van der Waals surface area contributed by atoms with Gasteiger partial charge in [0.05, 0.1) is 26.2 Å². The first-order valence-corrected chi connectivity index (χ1v) is 9.38. The molecule has 0 aliphatic carbocycles. The summed E-state index contributed by atoms with van der Waals surface area (Å²) in [6.07, 6.45) is 7.17. The number of nitrogens with one attached hydrogen (secondary N) is 2. The number of carbonyl (C=O) groups is 1. The minimum atomic E-state index is -0.489. The third-order valence-corrected chi connectivity index (χ3v) is 5.66. The first-order chi connectivity index (χ1) is 11.9. The van der Waals surface area contributed by atoms with Gasteiger partial charge in [0.1, 0.15) is 5.54 Å². The molecule has 1 fully saturated rings. The Morgan fingerprint density at radius 2 is 1.92 bits per heavy atom. The average molecular weight is 343 g/mol. The van der Waals surface area contributed by atoms with Crippen molar-refractivity contribution in [3.05, 3.63) is 29.3 Å². The van der Waals surface area contributed by atoms with E-state index in [1.807, 2.05) is 13.8 Å². The van der Waals surface area contributed by atoms with Crippen LogP contribution in [0.25, 0.3) is 0 Å². The zero-order valence-electron chi connectivity index (χ0n) is 16.1. The fourth-order valence-corrected chi connectivity index (χ4v) is 3.52. The SMILES string of the molecule is C#CC(CC)(CC)NC(=O)C[NH+]1CCN(c2cccc(C)c2C)CC1. The first kappa shape index (κ1) is 19.3. The minimum absolute atomic E-state index is 0.0665. The monoisotopic (exact) mass is 342 g/mol. The van der Waals surface area contributed by atoms with Crippen LogP contribution in [-0.2, 0) is 4.79 Å². The van der Waals surface area contributed by atoms with Gasteiger partial charge >= 0.3 is 0 Å². The molecule has 4 nitrogen and oxygen atoms in total. The zero-order valence-corrected chi connectivity index (χ0v) is 16.1. The molecule has 1 aromatic rings. The van der Waals surface area contributed by atoms with Gasteiger partial charge in [-0.05, 0) is 43.9 Å². The van der Waals surface area contributed by atoms with E-state index in [2.05, 4.69) is 48.2 Å². The van der Waals surface area contributed by atoms with E-state index in [9.17, 15) is 4.79 Å². The molecule has 1 saturated heterocycles. The molecule has 0 aromatic heterocycles. The summed E-state index contributed by atoms with van der Waals surface area (Å²) in [7, 11) is 0. The summed E-state index contributed by atoms with van der Waals surface area (Å²) in [6, 6.07) is 6.48. The van der Waals surface area contributed by atoms with Crippen LogP contribution in [0.4, 0.5) is 5.69 Å². The molecule has 0 spiro atoms. The van der Waals surface area contributed by atoms with Crippen LogP contribution < -0.4 is 15.1 Å². The molecule has 2 rings (SSSR count). The van der Waals surface area contributed by atoms with Crippen LogP contribution in [0.1, 0.15) is 37.8 Å². The third kappa shape index (κ3) is 4.55. The van der Waals surface area contributed by atoms with Gasteiger partial charge in [0.15, 0.2) is 6.54 Å². The molecule has 1 aliphatic heterocycles. The number of terminal acetylenes is 1. The molecule has 25 heavy (non-hydrogen) atoms. The highest BCUT2D eigenvalue weighted by atomic mass is 16.2. The first-order valence-electron chi connectivity index (χ1n) is 9.38. The highest BCUT2D eigenvalue weighted by Gasteiger charge is 2.28. The number of carbonyl (C=O) groups excluding carboxylic acids is 1. The van der Waals surface area contributed by atoms with E-state index in [-0.39, 0.29) is 5.91 Å². The minimum Gasteiger partial charge on any atom is -0.360 e. The van der Waals surface area contributed by atoms with Gasteiger partial charge in [-0.1, -0.05) is 31.9 Å². The predicted octanol–water partition coefficient (Wildman–Crippen LogP) is 1.32. The molecule has 136 valence electrons. The van der Waals surface area contributed by atoms with Gasteiger partial charge in [0.25, 0.3) is 5.91 Å². The van der Waals surface area contributed by atoms with Crippen molar-refractivity contribution in [1.29, 1.82) is 0 Å². The fraction of sp³-hybridized carbons (Fsp3) is 0.571. The van der Waals surface area contributed by atoms with Gasteiger partial charge in [-0.3, -0.25) is 4.79 Å². The smallest absolute Gasteiger partial charge is 0.276 e. The standard InChI is InChI=1S/C21H31N3O/c1-6-21(7-2,8-3)22-20(25)16-23-12-14-24(15-13-23)19-11-9-10-17(4)18(19)5/h1,9-11H,7-8,12-16H2,2-5H3,(H,22,25)/p+1. The number of amides is 1. The normalized spacial score (nSPS) is 15.7. The van der Waals surface area contributed by atoms with Crippen molar-refractivity contribution < 1.29 is 9.69 Å². The van der Waals surface area contributed by atoms with Crippen molar-refractivity contribution >= 4 is 11.6 Å². The summed E-state index contributed by atoms with van der Waals surface area (Å²) < 4.78 is 0. The zero-order chi connectivity index (χ0) is 18.4. The maximum atomic E-state index is 12.4. The number of piperazine rings is 1. The van der Waals surface area contributed by atoms with Gasteiger partial charge in [-0.2, -0.15) is 0 Å². The van der Waals surface area contributed by atoms with Crippen molar-refractivity contribution in [3.63, 3.8) is 0 Å². The Labute approximate surface area is 152 Å². The van der Waals surface area contributed by atoms with Crippen molar-refractivity contribution in [2.24, 2.45) is 0 Å². The van der Waals surface area contributed by atoms with Gasteiger partial charge < -0.3 is 15.1 Å². The second kappa shape index (κ2) is 8.40. The van der Waals surface area contributed by atoms with Crippen LogP contribution in [0.3, 0.4) is 0 Å². The Hall–Kier alpha value is -1.99. The Kier molecular flexibility index (Phi) is 6.50. The maximum Gasteiger partial charge on any atom is 0.276 e. The van der Waals surface area contributed by atoms with Gasteiger partial charge in [-0.15, -0.1) is 6.42 Å². The molecule has 4 heteroatoms. The number of aryl methyl sites for hydroxylation is 1. The highest BCUT2D eigenvalue weighted by molar-refractivity contribution is 5.78. The average Bonchev–Trinajstić information content (AvgIpc) is 2.63. The molecule has 0 bridgehead atoms. The van der Waals surface area contributed by atoms with Crippen molar-refractivity contribution in [3.8, 4) is 12.3 Å². The topological polar surface area (TPSA) is 36.8 Å². The quantitative estimate of drug-likeness (QED) is 0.765. The maximum absolute atomic E-state index is 12.4. The van der Waals surface area contributed by atoms with Crippen LogP contribution in [0.15, 0.2) is 18.2 Å². The lowest BCUT2D eigenvalue weighted by Crippen LogP contribution is -3.16. The van der Waals surface area contributed by atoms with E-state index in [4.69, 9.17) is 6.42 Å². The molecule has 0 atom stereocenters.